The number of hydrogen-bond donors (Lipinski definition) is 1. The van der Waals surface area contributed by atoms with Crippen molar-refractivity contribution in [3.8, 4) is 0 Å². The predicted molar refractivity (Wildman–Crippen MR) is 93.2 cm³/mol. The fraction of sp³-hybridized carbons (Fsp3) is 0.875. The van der Waals surface area contributed by atoms with Gasteiger partial charge >= 0.3 is 0 Å². The summed E-state index contributed by atoms with van der Waals surface area (Å²) in [6.45, 7) is 9.91. The van der Waals surface area contributed by atoms with Crippen LogP contribution < -0.4 is 5.32 Å². The summed E-state index contributed by atoms with van der Waals surface area (Å²) in [5.41, 5.74) is 0. The van der Waals surface area contributed by atoms with Crippen LogP contribution in [0.1, 0.15) is 6.92 Å². The number of amides is 1. The van der Waals surface area contributed by atoms with Crippen LogP contribution in [0.5, 0.6) is 0 Å². The highest BCUT2D eigenvalue weighted by atomic mass is 16.5. The number of nitrogens with zero attached hydrogens (tertiary/aromatic N) is 4. The zero-order valence-corrected chi connectivity index (χ0v) is 15.2. The van der Waals surface area contributed by atoms with Crippen molar-refractivity contribution in [2.24, 2.45) is 4.99 Å². The van der Waals surface area contributed by atoms with Crippen molar-refractivity contribution in [2.45, 2.75) is 13.0 Å². The van der Waals surface area contributed by atoms with Gasteiger partial charge in [0.05, 0.1) is 19.3 Å². The Hall–Kier alpha value is -1.38. The molecule has 2 fully saturated rings. The van der Waals surface area contributed by atoms with E-state index < -0.39 is 0 Å². The SMILES string of the molecule is CN=C(NCCN1CCN(C(C)=O)CC1)N1CCOC(COC)C1. The molecule has 2 aliphatic heterocycles. The average Bonchev–Trinajstić information content (AvgIpc) is 2.60. The largest absolute Gasteiger partial charge is 0.382 e. The molecular formula is C16H31N5O3. The Labute approximate surface area is 144 Å². The quantitative estimate of drug-likeness (QED) is 0.515. The Balaban J connectivity index is 1.69. The summed E-state index contributed by atoms with van der Waals surface area (Å²) in [5.74, 6) is 1.09. The highest BCUT2D eigenvalue weighted by Crippen LogP contribution is 2.06. The second kappa shape index (κ2) is 9.80. The van der Waals surface area contributed by atoms with Crippen LogP contribution in [-0.2, 0) is 14.3 Å². The number of piperazine rings is 1. The number of hydrogen-bond acceptors (Lipinski definition) is 5. The molecule has 0 radical (unpaired) electrons. The maximum Gasteiger partial charge on any atom is 0.219 e. The minimum Gasteiger partial charge on any atom is -0.382 e. The monoisotopic (exact) mass is 341 g/mol. The number of guanidine groups is 1. The molecule has 1 atom stereocenters. The molecule has 0 aromatic carbocycles. The molecule has 24 heavy (non-hydrogen) atoms. The number of ether oxygens (including phenoxy) is 2. The van der Waals surface area contributed by atoms with Crippen LogP contribution in [0, 0.1) is 0 Å². The third-order valence-electron chi connectivity index (χ3n) is 4.53. The van der Waals surface area contributed by atoms with Crippen molar-refractivity contribution in [1.82, 2.24) is 20.0 Å². The minimum atomic E-state index is 0.0990. The molecule has 2 rings (SSSR count). The van der Waals surface area contributed by atoms with Crippen molar-refractivity contribution >= 4 is 11.9 Å². The number of nitrogens with one attached hydrogen (secondary N) is 1. The van der Waals surface area contributed by atoms with Gasteiger partial charge in [0, 0.05) is 73.4 Å². The van der Waals surface area contributed by atoms with E-state index in [4.69, 9.17) is 9.47 Å². The molecule has 2 aliphatic rings. The van der Waals surface area contributed by atoms with Crippen molar-refractivity contribution in [1.29, 1.82) is 0 Å². The number of carbonyl (C=O) groups excluding carboxylic acids is 1. The van der Waals surface area contributed by atoms with Crippen LogP contribution in [0.15, 0.2) is 4.99 Å². The normalized spacial score (nSPS) is 23.5. The fourth-order valence-corrected chi connectivity index (χ4v) is 3.14. The third-order valence-corrected chi connectivity index (χ3v) is 4.53. The average molecular weight is 341 g/mol. The van der Waals surface area contributed by atoms with Gasteiger partial charge in [0.2, 0.25) is 5.91 Å². The molecule has 1 unspecified atom stereocenters. The van der Waals surface area contributed by atoms with Crippen LogP contribution in [0.3, 0.4) is 0 Å². The van der Waals surface area contributed by atoms with Crippen LogP contribution in [0.4, 0.5) is 0 Å². The van der Waals surface area contributed by atoms with Crippen LogP contribution in [0.25, 0.3) is 0 Å². The summed E-state index contributed by atoms with van der Waals surface area (Å²) >= 11 is 0. The first kappa shape index (κ1) is 19.0. The van der Waals surface area contributed by atoms with E-state index in [9.17, 15) is 4.79 Å². The Morgan fingerprint density at radius 3 is 2.62 bits per heavy atom. The molecule has 0 aliphatic carbocycles. The second-order valence-corrected chi connectivity index (χ2v) is 6.22. The lowest BCUT2D eigenvalue weighted by atomic mass is 10.3. The van der Waals surface area contributed by atoms with Gasteiger partial charge in [-0.3, -0.25) is 14.7 Å². The van der Waals surface area contributed by atoms with Crippen molar-refractivity contribution in [3.63, 3.8) is 0 Å². The van der Waals surface area contributed by atoms with E-state index in [1.807, 2.05) is 11.9 Å². The summed E-state index contributed by atoms with van der Waals surface area (Å²) in [7, 11) is 3.51. The van der Waals surface area contributed by atoms with Gasteiger partial charge in [0.1, 0.15) is 0 Å². The number of methoxy groups -OCH3 is 1. The van der Waals surface area contributed by atoms with E-state index in [1.54, 1.807) is 14.0 Å². The summed E-state index contributed by atoms with van der Waals surface area (Å²) in [6.07, 6.45) is 0.0990. The first-order chi connectivity index (χ1) is 11.6. The van der Waals surface area contributed by atoms with Crippen molar-refractivity contribution in [2.75, 3.05) is 79.7 Å². The molecule has 0 bridgehead atoms. The van der Waals surface area contributed by atoms with E-state index >= 15 is 0 Å². The summed E-state index contributed by atoms with van der Waals surface area (Å²) in [4.78, 5) is 22.3. The van der Waals surface area contributed by atoms with E-state index in [0.717, 1.165) is 58.3 Å². The maximum absolute atomic E-state index is 11.4. The molecule has 0 spiro atoms. The van der Waals surface area contributed by atoms with Crippen molar-refractivity contribution in [3.05, 3.63) is 0 Å². The van der Waals surface area contributed by atoms with Crippen LogP contribution in [0.2, 0.25) is 0 Å². The lowest BCUT2D eigenvalue weighted by Gasteiger charge is -2.36. The number of carbonyl (C=O) groups is 1. The smallest absolute Gasteiger partial charge is 0.219 e. The highest BCUT2D eigenvalue weighted by Gasteiger charge is 2.23. The lowest BCUT2D eigenvalue weighted by molar-refractivity contribution is -0.130. The summed E-state index contributed by atoms with van der Waals surface area (Å²) in [5, 5.41) is 3.44. The van der Waals surface area contributed by atoms with Gasteiger partial charge < -0.3 is 24.6 Å². The topological polar surface area (TPSA) is 69.6 Å². The second-order valence-electron chi connectivity index (χ2n) is 6.22. The van der Waals surface area contributed by atoms with E-state index in [-0.39, 0.29) is 12.0 Å². The van der Waals surface area contributed by atoms with Crippen molar-refractivity contribution < 1.29 is 14.3 Å². The Bertz CT molecular complexity index is 422. The van der Waals surface area contributed by atoms with Crippen LogP contribution >= 0.6 is 0 Å². The van der Waals surface area contributed by atoms with E-state index in [1.165, 1.54) is 0 Å². The van der Waals surface area contributed by atoms with E-state index in [0.29, 0.717) is 13.2 Å². The molecule has 2 heterocycles. The molecule has 2 saturated heterocycles. The van der Waals surface area contributed by atoms with Gasteiger partial charge in [-0.15, -0.1) is 0 Å². The molecule has 1 N–H and O–H groups in total. The number of aliphatic imine (C=N–C) groups is 1. The molecule has 0 aromatic rings. The molecule has 8 nitrogen and oxygen atoms in total. The van der Waals surface area contributed by atoms with Gasteiger partial charge in [-0.25, -0.2) is 0 Å². The zero-order chi connectivity index (χ0) is 17.4. The Morgan fingerprint density at radius 1 is 1.25 bits per heavy atom. The van der Waals surface area contributed by atoms with E-state index in [2.05, 4.69) is 20.1 Å². The van der Waals surface area contributed by atoms with Gasteiger partial charge in [-0.05, 0) is 0 Å². The maximum atomic E-state index is 11.4. The third kappa shape index (κ3) is 5.61. The van der Waals surface area contributed by atoms with Gasteiger partial charge in [0.25, 0.3) is 0 Å². The summed E-state index contributed by atoms with van der Waals surface area (Å²) in [6, 6.07) is 0. The van der Waals surface area contributed by atoms with Gasteiger partial charge in [0.15, 0.2) is 5.96 Å². The van der Waals surface area contributed by atoms with Crippen LogP contribution in [-0.4, -0.2) is 112 Å². The molecule has 1 amide bonds. The first-order valence-corrected chi connectivity index (χ1v) is 8.68. The molecule has 0 aromatic heterocycles. The molecule has 8 heteroatoms. The highest BCUT2D eigenvalue weighted by molar-refractivity contribution is 5.80. The lowest BCUT2D eigenvalue weighted by Crippen LogP contribution is -2.53. The minimum absolute atomic E-state index is 0.0990. The zero-order valence-electron chi connectivity index (χ0n) is 15.2. The van der Waals surface area contributed by atoms with Gasteiger partial charge in [-0.2, -0.15) is 0 Å². The first-order valence-electron chi connectivity index (χ1n) is 8.68. The predicted octanol–water partition coefficient (Wildman–Crippen LogP) is -0.927. The molecular weight excluding hydrogens is 310 g/mol. The van der Waals surface area contributed by atoms with Gasteiger partial charge in [-0.1, -0.05) is 0 Å². The molecule has 0 saturated carbocycles. The standard InChI is InChI=1S/C16H31N5O3/c1-14(22)20-8-6-19(7-9-20)5-4-18-16(17-2)21-10-11-24-15(12-21)13-23-3/h15H,4-13H2,1-3H3,(H,17,18). The Kier molecular flexibility index (Phi) is 7.74. The number of rotatable bonds is 5. The molecule has 138 valence electrons. The fourth-order valence-electron chi connectivity index (χ4n) is 3.14. The number of morpholine rings is 1. The Morgan fingerprint density at radius 2 is 2.00 bits per heavy atom. The summed E-state index contributed by atoms with van der Waals surface area (Å²) < 4.78 is 10.9.